The van der Waals surface area contributed by atoms with Gasteiger partial charge in [-0.1, -0.05) is 17.7 Å². The maximum Gasteiger partial charge on any atom is 0.257 e. The molecule has 2 aromatic rings. The van der Waals surface area contributed by atoms with Crippen LogP contribution in [0.25, 0.3) is 0 Å². The van der Waals surface area contributed by atoms with Gasteiger partial charge in [0.25, 0.3) is 5.91 Å². The molecule has 1 aromatic carbocycles. The van der Waals surface area contributed by atoms with E-state index < -0.39 is 0 Å². The lowest BCUT2D eigenvalue weighted by atomic mass is 10.1. The molecule has 0 spiro atoms. The van der Waals surface area contributed by atoms with Crippen LogP contribution in [0.3, 0.4) is 0 Å². The zero-order valence-corrected chi connectivity index (χ0v) is 12.6. The number of benzene rings is 1. The Morgan fingerprint density at radius 1 is 1.40 bits per heavy atom. The van der Waals surface area contributed by atoms with E-state index in [1.54, 1.807) is 24.3 Å². The Labute approximate surface area is 126 Å². The number of hydrogen-bond donors (Lipinski definition) is 2. The Morgan fingerprint density at radius 3 is 2.85 bits per heavy atom. The SMILES string of the molecule is CCOc1cccc(N)c1C(=O)NCc1ccc(Cl)s1. The van der Waals surface area contributed by atoms with Gasteiger partial charge in [-0.2, -0.15) is 0 Å². The summed E-state index contributed by atoms with van der Waals surface area (Å²) >= 11 is 7.28. The van der Waals surface area contributed by atoms with Crippen LogP contribution < -0.4 is 15.8 Å². The third-order valence-electron chi connectivity index (χ3n) is 2.64. The van der Waals surface area contributed by atoms with E-state index in [0.717, 1.165) is 4.88 Å². The van der Waals surface area contributed by atoms with Crippen molar-refractivity contribution in [2.45, 2.75) is 13.5 Å². The van der Waals surface area contributed by atoms with E-state index in [2.05, 4.69) is 5.32 Å². The van der Waals surface area contributed by atoms with E-state index in [-0.39, 0.29) is 5.91 Å². The molecule has 6 heteroatoms. The van der Waals surface area contributed by atoms with E-state index in [0.29, 0.717) is 34.5 Å². The number of hydrogen-bond acceptors (Lipinski definition) is 4. The van der Waals surface area contributed by atoms with E-state index in [1.165, 1.54) is 11.3 Å². The number of nitrogen functional groups attached to an aromatic ring is 1. The van der Waals surface area contributed by atoms with Crippen LogP contribution in [0.1, 0.15) is 22.2 Å². The minimum Gasteiger partial charge on any atom is -0.493 e. The van der Waals surface area contributed by atoms with Crippen LogP contribution in [0.15, 0.2) is 30.3 Å². The summed E-state index contributed by atoms with van der Waals surface area (Å²) in [6, 6.07) is 8.85. The first-order valence-electron chi connectivity index (χ1n) is 6.15. The van der Waals surface area contributed by atoms with Crippen LogP contribution in [0.2, 0.25) is 4.34 Å². The first-order chi connectivity index (χ1) is 9.61. The lowest BCUT2D eigenvalue weighted by molar-refractivity contribution is 0.0948. The molecular formula is C14H15ClN2O2S. The van der Waals surface area contributed by atoms with Crippen molar-refractivity contribution in [3.8, 4) is 5.75 Å². The minimum absolute atomic E-state index is 0.254. The Balaban J connectivity index is 2.12. The van der Waals surface area contributed by atoms with Gasteiger partial charge in [0, 0.05) is 10.6 Å². The Morgan fingerprint density at radius 2 is 2.20 bits per heavy atom. The molecule has 0 fully saturated rings. The normalized spacial score (nSPS) is 10.3. The standard InChI is InChI=1S/C14H15ClN2O2S/c1-2-19-11-5-3-4-10(16)13(11)14(18)17-8-9-6-7-12(15)20-9/h3-7H,2,8,16H2,1H3,(H,17,18). The molecule has 3 N–H and O–H groups in total. The average molecular weight is 311 g/mol. The van der Waals surface area contributed by atoms with Gasteiger partial charge in [0.15, 0.2) is 0 Å². The third kappa shape index (κ3) is 3.43. The van der Waals surface area contributed by atoms with Crippen LogP contribution in [0.4, 0.5) is 5.69 Å². The summed E-state index contributed by atoms with van der Waals surface area (Å²) in [6.07, 6.45) is 0. The molecule has 106 valence electrons. The first kappa shape index (κ1) is 14.7. The van der Waals surface area contributed by atoms with Crippen LogP contribution >= 0.6 is 22.9 Å². The molecule has 0 aliphatic heterocycles. The molecule has 20 heavy (non-hydrogen) atoms. The second-order valence-corrected chi connectivity index (χ2v) is 5.84. The first-order valence-corrected chi connectivity index (χ1v) is 7.35. The second-order valence-electron chi connectivity index (χ2n) is 4.04. The van der Waals surface area contributed by atoms with Gasteiger partial charge in [-0.3, -0.25) is 4.79 Å². The summed E-state index contributed by atoms with van der Waals surface area (Å²) < 4.78 is 6.13. The Kier molecular flexibility index (Phi) is 4.87. The van der Waals surface area contributed by atoms with Gasteiger partial charge in [-0.05, 0) is 31.2 Å². The molecule has 0 unspecified atom stereocenters. The van der Waals surface area contributed by atoms with E-state index >= 15 is 0 Å². The summed E-state index contributed by atoms with van der Waals surface area (Å²) in [5.41, 5.74) is 6.64. The second kappa shape index (κ2) is 6.63. The topological polar surface area (TPSA) is 64.3 Å². The Hall–Kier alpha value is -1.72. The fraction of sp³-hybridized carbons (Fsp3) is 0.214. The van der Waals surface area contributed by atoms with Gasteiger partial charge in [-0.15, -0.1) is 11.3 Å². The molecule has 1 aromatic heterocycles. The predicted molar refractivity (Wildman–Crippen MR) is 82.5 cm³/mol. The van der Waals surface area contributed by atoms with Gasteiger partial charge in [0.1, 0.15) is 11.3 Å². The number of anilines is 1. The lowest BCUT2D eigenvalue weighted by Crippen LogP contribution is -2.24. The number of amides is 1. The van der Waals surface area contributed by atoms with E-state index in [9.17, 15) is 4.79 Å². The molecule has 1 heterocycles. The van der Waals surface area contributed by atoms with Crippen molar-refractivity contribution in [3.63, 3.8) is 0 Å². The highest BCUT2D eigenvalue weighted by atomic mass is 35.5. The molecule has 2 rings (SSSR count). The summed E-state index contributed by atoms with van der Waals surface area (Å²) in [5.74, 6) is 0.241. The molecule has 0 atom stereocenters. The molecule has 4 nitrogen and oxygen atoms in total. The molecule has 0 saturated carbocycles. The highest BCUT2D eigenvalue weighted by Gasteiger charge is 2.15. The number of nitrogens with two attached hydrogens (primary N) is 1. The quantitative estimate of drug-likeness (QED) is 0.833. The van der Waals surface area contributed by atoms with E-state index in [1.807, 2.05) is 13.0 Å². The molecule has 1 amide bonds. The van der Waals surface area contributed by atoms with Crippen molar-refractivity contribution < 1.29 is 9.53 Å². The highest BCUT2D eigenvalue weighted by Crippen LogP contribution is 2.25. The molecular weight excluding hydrogens is 296 g/mol. The monoisotopic (exact) mass is 310 g/mol. The van der Waals surface area contributed by atoms with Crippen LogP contribution in [0, 0.1) is 0 Å². The smallest absolute Gasteiger partial charge is 0.257 e. The summed E-state index contributed by atoms with van der Waals surface area (Å²) in [6.45, 7) is 2.75. The molecule has 0 radical (unpaired) electrons. The zero-order valence-electron chi connectivity index (χ0n) is 11.0. The maximum atomic E-state index is 12.2. The number of ether oxygens (including phenoxy) is 1. The number of halogens is 1. The van der Waals surface area contributed by atoms with Crippen molar-refractivity contribution in [2.24, 2.45) is 0 Å². The van der Waals surface area contributed by atoms with Gasteiger partial charge < -0.3 is 15.8 Å². The zero-order chi connectivity index (χ0) is 14.5. The summed E-state index contributed by atoms with van der Waals surface area (Å²) in [4.78, 5) is 13.2. The fourth-order valence-electron chi connectivity index (χ4n) is 1.77. The largest absolute Gasteiger partial charge is 0.493 e. The van der Waals surface area contributed by atoms with Crippen molar-refractivity contribution in [3.05, 3.63) is 45.1 Å². The van der Waals surface area contributed by atoms with Crippen LogP contribution in [-0.2, 0) is 6.54 Å². The van der Waals surface area contributed by atoms with E-state index in [4.69, 9.17) is 22.1 Å². The number of carbonyl (C=O) groups is 1. The van der Waals surface area contributed by atoms with Gasteiger partial charge in [-0.25, -0.2) is 0 Å². The minimum atomic E-state index is -0.254. The van der Waals surface area contributed by atoms with Gasteiger partial charge in [0.2, 0.25) is 0 Å². The number of rotatable bonds is 5. The molecule has 0 saturated heterocycles. The lowest BCUT2D eigenvalue weighted by Gasteiger charge is -2.12. The molecule has 0 aliphatic rings. The molecule has 0 bridgehead atoms. The average Bonchev–Trinajstić information content (AvgIpc) is 2.82. The molecule has 0 aliphatic carbocycles. The maximum absolute atomic E-state index is 12.2. The number of thiophene rings is 1. The van der Waals surface area contributed by atoms with Gasteiger partial charge in [0.05, 0.1) is 17.5 Å². The van der Waals surface area contributed by atoms with Crippen molar-refractivity contribution in [2.75, 3.05) is 12.3 Å². The Bertz CT molecular complexity index is 613. The van der Waals surface area contributed by atoms with Gasteiger partial charge >= 0.3 is 0 Å². The van der Waals surface area contributed by atoms with Crippen LogP contribution in [-0.4, -0.2) is 12.5 Å². The van der Waals surface area contributed by atoms with Crippen molar-refractivity contribution in [1.29, 1.82) is 0 Å². The fourth-order valence-corrected chi connectivity index (χ4v) is 2.80. The van der Waals surface area contributed by atoms with Crippen molar-refractivity contribution >= 4 is 34.5 Å². The third-order valence-corrected chi connectivity index (χ3v) is 3.87. The van der Waals surface area contributed by atoms with Crippen LogP contribution in [0.5, 0.6) is 5.75 Å². The van der Waals surface area contributed by atoms with Crippen molar-refractivity contribution in [1.82, 2.24) is 5.32 Å². The number of carbonyl (C=O) groups excluding carboxylic acids is 1. The summed E-state index contributed by atoms with van der Waals surface area (Å²) in [7, 11) is 0. The predicted octanol–water partition coefficient (Wildman–Crippen LogP) is 3.31. The number of nitrogens with one attached hydrogen (secondary N) is 1. The highest BCUT2D eigenvalue weighted by molar-refractivity contribution is 7.16. The summed E-state index contributed by atoms with van der Waals surface area (Å²) in [5, 5.41) is 2.82.